The van der Waals surface area contributed by atoms with E-state index < -0.39 is 0 Å². The van der Waals surface area contributed by atoms with Crippen molar-refractivity contribution in [2.45, 2.75) is 76.8 Å². The molecule has 0 spiro atoms. The minimum atomic E-state index is 0.219. The first-order valence-electron chi connectivity index (χ1n) is 9.35. The van der Waals surface area contributed by atoms with Gasteiger partial charge in [0.15, 0.2) is 0 Å². The third-order valence-electron chi connectivity index (χ3n) is 5.01. The molecule has 1 aromatic rings. The van der Waals surface area contributed by atoms with Gasteiger partial charge in [-0.05, 0) is 56.4 Å². The topological polar surface area (TPSA) is 29.5 Å². The zero-order valence-corrected chi connectivity index (χ0v) is 14.3. The summed E-state index contributed by atoms with van der Waals surface area (Å²) >= 11 is 0. The smallest absolute Gasteiger partial charge is 0.254 e. The van der Waals surface area contributed by atoms with Crippen LogP contribution >= 0.6 is 0 Å². The second-order valence-corrected chi connectivity index (χ2v) is 6.96. The van der Waals surface area contributed by atoms with Gasteiger partial charge in [0.1, 0.15) is 5.75 Å². The summed E-state index contributed by atoms with van der Waals surface area (Å²) in [4.78, 5) is 15.1. The van der Waals surface area contributed by atoms with Crippen LogP contribution in [0.5, 0.6) is 5.75 Å². The van der Waals surface area contributed by atoms with Crippen LogP contribution in [0, 0.1) is 0 Å². The second-order valence-electron chi connectivity index (χ2n) is 6.96. The predicted octanol–water partition coefficient (Wildman–Crippen LogP) is 4.80. The lowest BCUT2D eigenvalue weighted by molar-refractivity contribution is 0.0664. The van der Waals surface area contributed by atoms with Gasteiger partial charge in [-0.3, -0.25) is 4.79 Å². The molecule has 126 valence electrons. The molecule has 0 N–H and O–H groups in total. The molecule has 3 rings (SSSR count). The maximum Gasteiger partial charge on any atom is 0.254 e. The van der Waals surface area contributed by atoms with Crippen molar-refractivity contribution in [2.75, 3.05) is 6.61 Å². The van der Waals surface area contributed by atoms with Crippen molar-refractivity contribution in [3.63, 3.8) is 0 Å². The number of hydrogen-bond acceptors (Lipinski definition) is 2. The number of amides is 1. The fourth-order valence-electron chi connectivity index (χ4n) is 3.55. The Labute approximate surface area is 140 Å². The Kier molecular flexibility index (Phi) is 5.58. The number of hydrogen-bond donors (Lipinski definition) is 0. The first kappa shape index (κ1) is 16.4. The van der Waals surface area contributed by atoms with Crippen molar-refractivity contribution >= 4 is 5.91 Å². The summed E-state index contributed by atoms with van der Waals surface area (Å²) in [6.07, 6.45) is 10.8. The number of carbonyl (C=O) groups excluding carboxylic acids is 1. The fourth-order valence-corrected chi connectivity index (χ4v) is 3.55. The van der Waals surface area contributed by atoms with E-state index in [1.807, 2.05) is 24.3 Å². The molecule has 0 aromatic heterocycles. The Hall–Kier alpha value is -1.51. The lowest BCUT2D eigenvalue weighted by Gasteiger charge is -2.29. The molecular formula is C20H29NO2. The molecule has 0 aliphatic heterocycles. The van der Waals surface area contributed by atoms with Crippen molar-refractivity contribution in [3.8, 4) is 5.75 Å². The van der Waals surface area contributed by atoms with Crippen LogP contribution in [0.15, 0.2) is 24.3 Å². The number of rotatable bonds is 8. The third kappa shape index (κ3) is 4.27. The maximum atomic E-state index is 12.9. The van der Waals surface area contributed by atoms with E-state index in [9.17, 15) is 4.79 Å². The molecule has 0 radical (unpaired) electrons. The zero-order chi connectivity index (χ0) is 16.1. The van der Waals surface area contributed by atoms with Crippen LogP contribution in [0.4, 0.5) is 0 Å². The Bertz CT molecular complexity index is 501. The lowest BCUT2D eigenvalue weighted by Crippen LogP contribution is -2.40. The number of ether oxygens (including phenoxy) is 1. The summed E-state index contributed by atoms with van der Waals surface area (Å²) in [5, 5.41) is 0. The molecule has 0 heterocycles. The number of unbranched alkanes of at least 4 members (excludes halogenated alkanes) is 2. The van der Waals surface area contributed by atoms with Crippen molar-refractivity contribution < 1.29 is 9.53 Å². The van der Waals surface area contributed by atoms with E-state index in [1.165, 1.54) is 51.4 Å². The third-order valence-corrected chi connectivity index (χ3v) is 5.01. The Morgan fingerprint density at radius 3 is 2.30 bits per heavy atom. The number of benzene rings is 1. The molecular weight excluding hydrogens is 286 g/mol. The molecule has 0 atom stereocenters. The predicted molar refractivity (Wildman–Crippen MR) is 92.9 cm³/mol. The fraction of sp³-hybridized carbons (Fsp3) is 0.650. The van der Waals surface area contributed by atoms with Gasteiger partial charge in [-0.2, -0.15) is 0 Å². The molecule has 2 saturated carbocycles. The van der Waals surface area contributed by atoms with Crippen LogP contribution in [0.3, 0.4) is 0 Å². The van der Waals surface area contributed by atoms with E-state index >= 15 is 0 Å². The molecule has 1 amide bonds. The van der Waals surface area contributed by atoms with E-state index in [2.05, 4.69) is 11.8 Å². The Morgan fingerprint density at radius 1 is 1.04 bits per heavy atom. The second kappa shape index (κ2) is 7.85. The first-order chi connectivity index (χ1) is 11.3. The largest absolute Gasteiger partial charge is 0.494 e. The van der Waals surface area contributed by atoms with Crippen LogP contribution < -0.4 is 4.74 Å². The van der Waals surface area contributed by atoms with Crippen LogP contribution in [-0.2, 0) is 0 Å². The zero-order valence-electron chi connectivity index (χ0n) is 14.3. The van der Waals surface area contributed by atoms with Crippen LogP contribution in [-0.4, -0.2) is 29.5 Å². The molecule has 0 unspecified atom stereocenters. The van der Waals surface area contributed by atoms with Gasteiger partial charge < -0.3 is 9.64 Å². The minimum Gasteiger partial charge on any atom is -0.494 e. The maximum absolute atomic E-state index is 12.9. The molecule has 2 aliphatic carbocycles. The van der Waals surface area contributed by atoms with Crippen LogP contribution in [0.2, 0.25) is 0 Å². The number of carbonyl (C=O) groups is 1. The summed E-state index contributed by atoms with van der Waals surface area (Å²) < 4.78 is 5.74. The molecule has 2 aliphatic rings. The van der Waals surface area contributed by atoms with Crippen LogP contribution in [0.1, 0.15) is 75.1 Å². The molecule has 0 saturated heterocycles. The Balaban J connectivity index is 1.59. The summed E-state index contributed by atoms with van der Waals surface area (Å²) in [6, 6.07) is 8.72. The summed E-state index contributed by atoms with van der Waals surface area (Å²) in [6.45, 7) is 2.95. The lowest BCUT2D eigenvalue weighted by atomic mass is 10.1. The Morgan fingerprint density at radius 2 is 1.70 bits per heavy atom. The average molecular weight is 315 g/mol. The molecule has 1 aromatic carbocycles. The van der Waals surface area contributed by atoms with Crippen LogP contribution in [0.25, 0.3) is 0 Å². The van der Waals surface area contributed by atoms with Gasteiger partial charge in [-0.25, -0.2) is 0 Å². The highest BCUT2D eigenvalue weighted by molar-refractivity contribution is 5.95. The standard InChI is InChI=1S/C20H29NO2/c1-2-3-6-15-23-19-13-9-16(10-14-19)20(22)21(18-11-12-18)17-7-4-5-8-17/h9-10,13-14,17-18H,2-8,11-12,15H2,1H3. The SMILES string of the molecule is CCCCCOc1ccc(C(=O)N(C2CCCC2)C2CC2)cc1. The van der Waals surface area contributed by atoms with Gasteiger partial charge in [-0.15, -0.1) is 0 Å². The van der Waals surface area contributed by atoms with E-state index in [4.69, 9.17) is 4.74 Å². The van der Waals surface area contributed by atoms with Crippen molar-refractivity contribution in [1.82, 2.24) is 4.90 Å². The van der Waals surface area contributed by atoms with Crippen molar-refractivity contribution in [2.24, 2.45) is 0 Å². The molecule has 0 bridgehead atoms. The molecule has 23 heavy (non-hydrogen) atoms. The highest BCUT2D eigenvalue weighted by Crippen LogP contribution is 2.35. The van der Waals surface area contributed by atoms with E-state index in [0.717, 1.165) is 24.3 Å². The van der Waals surface area contributed by atoms with E-state index in [-0.39, 0.29) is 5.91 Å². The van der Waals surface area contributed by atoms with E-state index in [1.54, 1.807) is 0 Å². The monoisotopic (exact) mass is 315 g/mol. The molecule has 3 heteroatoms. The minimum absolute atomic E-state index is 0.219. The van der Waals surface area contributed by atoms with Gasteiger partial charge in [0.05, 0.1) is 6.61 Å². The van der Waals surface area contributed by atoms with Gasteiger partial charge in [0.2, 0.25) is 0 Å². The first-order valence-corrected chi connectivity index (χ1v) is 9.35. The molecule has 2 fully saturated rings. The highest BCUT2D eigenvalue weighted by atomic mass is 16.5. The van der Waals surface area contributed by atoms with Crippen molar-refractivity contribution in [3.05, 3.63) is 29.8 Å². The summed E-state index contributed by atoms with van der Waals surface area (Å²) in [7, 11) is 0. The average Bonchev–Trinajstić information content (AvgIpc) is 3.26. The summed E-state index contributed by atoms with van der Waals surface area (Å²) in [5.41, 5.74) is 0.810. The van der Waals surface area contributed by atoms with E-state index in [0.29, 0.717) is 12.1 Å². The number of nitrogens with zero attached hydrogens (tertiary/aromatic N) is 1. The van der Waals surface area contributed by atoms with Gasteiger partial charge in [0.25, 0.3) is 5.91 Å². The van der Waals surface area contributed by atoms with Gasteiger partial charge >= 0.3 is 0 Å². The van der Waals surface area contributed by atoms with Gasteiger partial charge in [-0.1, -0.05) is 32.6 Å². The highest BCUT2D eigenvalue weighted by Gasteiger charge is 2.38. The quantitative estimate of drug-likeness (QED) is 0.645. The normalized spacial score (nSPS) is 18.1. The summed E-state index contributed by atoms with van der Waals surface area (Å²) in [5.74, 6) is 1.09. The van der Waals surface area contributed by atoms with Crippen molar-refractivity contribution in [1.29, 1.82) is 0 Å². The molecule has 3 nitrogen and oxygen atoms in total. The van der Waals surface area contributed by atoms with Gasteiger partial charge in [0, 0.05) is 17.6 Å².